The number of hydrogen-bond donors (Lipinski definition) is 0. The third-order valence-electron chi connectivity index (χ3n) is 5.96. The van der Waals surface area contributed by atoms with Crippen LogP contribution in [0.1, 0.15) is 10.4 Å². The zero-order valence-electron chi connectivity index (χ0n) is 16.7. The molecule has 2 nitrogen and oxygen atoms in total. The number of esters is 1. The molecule has 0 atom stereocenters. The van der Waals surface area contributed by atoms with E-state index in [0.29, 0.717) is 11.3 Å². The third-order valence-corrected chi connectivity index (χ3v) is 5.96. The second kappa shape index (κ2) is 6.96. The molecule has 6 rings (SSSR count). The maximum Gasteiger partial charge on any atom is 0.344 e. The number of ether oxygens (including phenoxy) is 1. The van der Waals surface area contributed by atoms with Gasteiger partial charge in [0, 0.05) is 5.39 Å². The number of carbonyl (C=O) groups is 1. The minimum Gasteiger partial charge on any atom is -0.422 e. The van der Waals surface area contributed by atoms with Crippen LogP contribution in [0.4, 0.5) is 0 Å². The zero-order valence-corrected chi connectivity index (χ0v) is 16.7. The SMILES string of the molecule is O=C(Oc1cccc2c1ccc1c3ccccc3ccc21)c1cccc2ccccc12. The molecular weight excluding hydrogens is 380 g/mol. The summed E-state index contributed by atoms with van der Waals surface area (Å²) in [6.45, 7) is 0. The van der Waals surface area contributed by atoms with Crippen molar-refractivity contribution in [3.63, 3.8) is 0 Å². The van der Waals surface area contributed by atoms with Crippen LogP contribution in [-0.2, 0) is 0 Å². The molecule has 146 valence electrons. The van der Waals surface area contributed by atoms with Crippen molar-refractivity contribution in [2.24, 2.45) is 0 Å². The van der Waals surface area contributed by atoms with Gasteiger partial charge in [-0.2, -0.15) is 0 Å². The molecule has 0 spiro atoms. The monoisotopic (exact) mass is 398 g/mol. The Hall–Kier alpha value is -4.17. The van der Waals surface area contributed by atoms with E-state index in [4.69, 9.17) is 4.74 Å². The van der Waals surface area contributed by atoms with Crippen molar-refractivity contribution in [3.8, 4) is 5.75 Å². The van der Waals surface area contributed by atoms with Gasteiger partial charge < -0.3 is 4.74 Å². The summed E-state index contributed by atoms with van der Waals surface area (Å²) in [6.07, 6.45) is 0. The highest BCUT2D eigenvalue weighted by atomic mass is 16.5. The maximum atomic E-state index is 13.1. The Labute approximate surface area is 179 Å². The molecule has 0 aliphatic carbocycles. The first kappa shape index (κ1) is 17.7. The lowest BCUT2D eigenvalue weighted by atomic mass is 9.97. The summed E-state index contributed by atoms with van der Waals surface area (Å²) in [6, 6.07) is 36.3. The Balaban J connectivity index is 1.49. The Morgan fingerprint density at radius 2 is 1.00 bits per heavy atom. The van der Waals surface area contributed by atoms with Crippen LogP contribution in [0.5, 0.6) is 5.75 Å². The zero-order chi connectivity index (χ0) is 20.8. The summed E-state index contributed by atoms with van der Waals surface area (Å²) in [5, 5.41) is 8.71. The maximum absolute atomic E-state index is 13.1. The number of carbonyl (C=O) groups excluding carboxylic acids is 1. The van der Waals surface area contributed by atoms with Gasteiger partial charge in [-0.1, -0.05) is 91.0 Å². The predicted molar refractivity (Wildman–Crippen MR) is 128 cm³/mol. The molecule has 0 fully saturated rings. The average Bonchev–Trinajstić information content (AvgIpc) is 2.83. The van der Waals surface area contributed by atoms with Crippen LogP contribution in [0.2, 0.25) is 0 Å². The first-order chi connectivity index (χ1) is 15.3. The van der Waals surface area contributed by atoms with Gasteiger partial charge in [0.15, 0.2) is 0 Å². The lowest BCUT2D eigenvalue weighted by molar-refractivity contribution is 0.0739. The second-order valence-corrected chi connectivity index (χ2v) is 7.71. The molecule has 0 aromatic heterocycles. The molecule has 6 aromatic carbocycles. The van der Waals surface area contributed by atoms with Crippen molar-refractivity contribution in [1.82, 2.24) is 0 Å². The molecule has 0 saturated carbocycles. The van der Waals surface area contributed by atoms with Gasteiger partial charge in [0.1, 0.15) is 5.75 Å². The van der Waals surface area contributed by atoms with Crippen molar-refractivity contribution in [2.45, 2.75) is 0 Å². The highest BCUT2D eigenvalue weighted by Crippen LogP contribution is 2.35. The van der Waals surface area contributed by atoms with Crippen molar-refractivity contribution < 1.29 is 9.53 Å². The van der Waals surface area contributed by atoms with Crippen LogP contribution in [0.3, 0.4) is 0 Å². The molecule has 6 aromatic rings. The Morgan fingerprint density at radius 1 is 0.452 bits per heavy atom. The summed E-state index contributed by atoms with van der Waals surface area (Å²) < 4.78 is 5.92. The van der Waals surface area contributed by atoms with Crippen molar-refractivity contribution in [1.29, 1.82) is 0 Å². The van der Waals surface area contributed by atoms with Gasteiger partial charge in [0.05, 0.1) is 5.56 Å². The van der Waals surface area contributed by atoms with E-state index < -0.39 is 0 Å². The lowest BCUT2D eigenvalue weighted by Gasteiger charge is -2.12. The summed E-state index contributed by atoms with van der Waals surface area (Å²) in [4.78, 5) is 13.1. The van der Waals surface area contributed by atoms with Gasteiger partial charge in [-0.15, -0.1) is 0 Å². The normalized spacial score (nSPS) is 11.4. The summed E-state index contributed by atoms with van der Waals surface area (Å²) in [5.41, 5.74) is 0.571. The van der Waals surface area contributed by atoms with Crippen molar-refractivity contribution in [3.05, 3.63) is 115 Å². The predicted octanol–water partition coefficient (Wildman–Crippen LogP) is 7.52. The van der Waals surface area contributed by atoms with E-state index in [9.17, 15) is 4.79 Å². The number of hydrogen-bond acceptors (Lipinski definition) is 2. The van der Waals surface area contributed by atoms with Gasteiger partial charge in [0.25, 0.3) is 0 Å². The fourth-order valence-electron chi connectivity index (χ4n) is 4.47. The van der Waals surface area contributed by atoms with Gasteiger partial charge in [-0.3, -0.25) is 0 Å². The van der Waals surface area contributed by atoms with Crippen LogP contribution < -0.4 is 4.74 Å². The fourth-order valence-corrected chi connectivity index (χ4v) is 4.47. The van der Waals surface area contributed by atoms with Crippen LogP contribution in [0.15, 0.2) is 109 Å². The molecule has 0 amide bonds. The van der Waals surface area contributed by atoms with E-state index in [1.165, 1.54) is 16.2 Å². The van der Waals surface area contributed by atoms with Gasteiger partial charge in [-0.05, 0) is 55.9 Å². The minimum atomic E-state index is -0.345. The standard InChI is InChI=1S/C29H18O2/c30-29(27-13-5-9-19-7-1-4-11-22(19)27)31-28-14-6-12-23-25-16-15-20-8-2-3-10-21(20)24(25)17-18-26(23)28/h1-18H. The first-order valence-corrected chi connectivity index (χ1v) is 10.3. The molecule has 0 radical (unpaired) electrons. The number of benzene rings is 6. The Kier molecular flexibility index (Phi) is 3.97. The fraction of sp³-hybridized carbons (Fsp3) is 0. The molecule has 0 N–H and O–H groups in total. The summed E-state index contributed by atoms with van der Waals surface area (Å²) >= 11 is 0. The van der Waals surface area contributed by atoms with E-state index in [0.717, 1.165) is 26.9 Å². The average molecular weight is 398 g/mol. The molecule has 31 heavy (non-hydrogen) atoms. The van der Waals surface area contributed by atoms with Gasteiger partial charge >= 0.3 is 5.97 Å². The van der Waals surface area contributed by atoms with Crippen LogP contribution in [-0.4, -0.2) is 5.97 Å². The molecule has 0 aliphatic heterocycles. The molecule has 0 aliphatic rings. The number of fused-ring (bicyclic) bond motifs is 6. The smallest absolute Gasteiger partial charge is 0.344 e. The Morgan fingerprint density at radius 3 is 1.87 bits per heavy atom. The van der Waals surface area contributed by atoms with Crippen LogP contribution in [0, 0.1) is 0 Å². The molecule has 0 saturated heterocycles. The lowest BCUT2D eigenvalue weighted by Crippen LogP contribution is -2.09. The molecular formula is C29H18O2. The summed E-state index contributed by atoms with van der Waals surface area (Å²) in [7, 11) is 0. The van der Waals surface area contributed by atoms with Crippen molar-refractivity contribution >= 4 is 49.1 Å². The molecule has 0 bridgehead atoms. The number of rotatable bonds is 2. The van der Waals surface area contributed by atoms with Crippen LogP contribution >= 0.6 is 0 Å². The topological polar surface area (TPSA) is 26.3 Å². The second-order valence-electron chi connectivity index (χ2n) is 7.71. The Bertz CT molecular complexity index is 1620. The van der Waals surface area contributed by atoms with E-state index in [1.54, 1.807) is 0 Å². The van der Waals surface area contributed by atoms with Crippen molar-refractivity contribution in [2.75, 3.05) is 0 Å². The third kappa shape index (κ3) is 2.84. The first-order valence-electron chi connectivity index (χ1n) is 10.3. The molecule has 2 heteroatoms. The highest BCUT2D eigenvalue weighted by Gasteiger charge is 2.15. The van der Waals surface area contributed by atoms with E-state index in [1.807, 2.05) is 54.6 Å². The summed E-state index contributed by atoms with van der Waals surface area (Å²) in [5.74, 6) is 0.230. The van der Waals surface area contributed by atoms with Gasteiger partial charge in [-0.25, -0.2) is 4.79 Å². The van der Waals surface area contributed by atoms with E-state index >= 15 is 0 Å². The largest absolute Gasteiger partial charge is 0.422 e. The highest BCUT2D eigenvalue weighted by molar-refractivity contribution is 6.18. The molecule has 0 unspecified atom stereocenters. The van der Waals surface area contributed by atoms with Gasteiger partial charge in [0.2, 0.25) is 0 Å². The van der Waals surface area contributed by atoms with E-state index in [2.05, 4.69) is 54.6 Å². The van der Waals surface area contributed by atoms with Crippen LogP contribution in [0.25, 0.3) is 43.1 Å². The quantitative estimate of drug-likeness (QED) is 0.171. The van der Waals surface area contributed by atoms with E-state index in [-0.39, 0.29) is 5.97 Å². The molecule has 0 heterocycles. The minimum absolute atomic E-state index is 0.345.